The maximum atomic E-state index is 12.7. The first-order chi connectivity index (χ1) is 13.1. The van der Waals surface area contributed by atoms with Gasteiger partial charge in [0.25, 0.3) is 5.91 Å². The Bertz CT molecular complexity index is 973. The molecular formula is C20H26N2O5S. The Morgan fingerprint density at radius 1 is 1.11 bits per heavy atom. The lowest BCUT2D eigenvalue weighted by atomic mass is 10.0. The summed E-state index contributed by atoms with van der Waals surface area (Å²) >= 11 is 0. The van der Waals surface area contributed by atoms with Crippen LogP contribution in [0.15, 0.2) is 36.4 Å². The van der Waals surface area contributed by atoms with Crippen LogP contribution in [-0.2, 0) is 10.0 Å². The van der Waals surface area contributed by atoms with Crippen molar-refractivity contribution in [2.75, 3.05) is 31.8 Å². The van der Waals surface area contributed by atoms with Crippen molar-refractivity contribution >= 4 is 21.6 Å². The number of hydrogen-bond acceptors (Lipinski definition) is 5. The van der Waals surface area contributed by atoms with E-state index in [2.05, 4.69) is 5.32 Å². The molecule has 1 atom stereocenters. The molecule has 7 nitrogen and oxygen atoms in total. The molecule has 0 aliphatic rings. The Morgan fingerprint density at radius 3 is 2.32 bits per heavy atom. The minimum Gasteiger partial charge on any atom is -0.497 e. The number of anilines is 1. The molecule has 0 bridgehead atoms. The van der Waals surface area contributed by atoms with E-state index in [0.29, 0.717) is 28.3 Å². The SMILES string of the molecule is COc1ccc(OC)c([C@@H](C)NC(=O)c2ccc(N(C)S(C)(=O)=O)c(C)c2)c1. The molecule has 0 radical (unpaired) electrons. The van der Waals surface area contributed by atoms with E-state index in [9.17, 15) is 13.2 Å². The fourth-order valence-electron chi connectivity index (χ4n) is 2.86. The first kappa shape index (κ1) is 21.6. The number of benzene rings is 2. The van der Waals surface area contributed by atoms with Gasteiger partial charge < -0.3 is 14.8 Å². The molecule has 1 N–H and O–H groups in total. The summed E-state index contributed by atoms with van der Waals surface area (Å²) in [7, 11) is 1.25. The quantitative estimate of drug-likeness (QED) is 0.764. The summed E-state index contributed by atoms with van der Waals surface area (Å²) in [5.74, 6) is 1.05. The van der Waals surface area contributed by atoms with Crippen LogP contribution in [0.2, 0.25) is 0 Å². The molecule has 8 heteroatoms. The summed E-state index contributed by atoms with van der Waals surface area (Å²) in [6.45, 7) is 3.62. The summed E-state index contributed by atoms with van der Waals surface area (Å²) in [6, 6.07) is 9.97. The first-order valence-electron chi connectivity index (χ1n) is 8.65. The van der Waals surface area contributed by atoms with Crippen LogP contribution in [0.4, 0.5) is 5.69 Å². The lowest BCUT2D eigenvalue weighted by molar-refractivity contribution is 0.0939. The third kappa shape index (κ3) is 4.75. The average molecular weight is 407 g/mol. The number of hydrogen-bond donors (Lipinski definition) is 1. The summed E-state index contributed by atoms with van der Waals surface area (Å²) in [5, 5.41) is 2.94. The monoisotopic (exact) mass is 406 g/mol. The van der Waals surface area contributed by atoms with Crippen molar-refractivity contribution in [3.63, 3.8) is 0 Å². The van der Waals surface area contributed by atoms with Gasteiger partial charge in [0.1, 0.15) is 11.5 Å². The molecule has 0 spiro atoms. The predicted octanol–water partition coefficient (Wildman–Crippen LogP) is 2.90. The van der Waals surface area contributed by atoms with Gasteiger partial charge >= 0.3 is 0 Å². The molecule has 1 amide bonds. The van der Waals surface area contributed by atoms with Gasteiger partial charge in [0.2, 0.25) is 10.0 Å². The first-order valence-corrected chi connectivity index (χ1v) is 10.5. The smallest absolute Gasteiger partial charge is 0.251 e. The zero-order valence-corrected chi connectivity index (χ0v) is 17.8. The molecule has 2 rings (SSSR count). The third-order valence-electron chi connectivity index (χ3n) is 4.55. The lowest BCUT2D eigenvalue weighted by Gasteiger charge is -2.21. The Hall–Kier alpha value is -2.74. The van der Waals surface area contributed by atoms with Crippen molar-refractivity contribution < 1.29 is 22.7 Å². The second kappa shape index (κ2) is 8.52. The number of nitrogens with one attached hydrogen (secondary N) is 1. The van der Waals surface area contributed by atoms with Gasteiger partial charge in [-0.1, -0.05) is 0 Å². The summed E-state index contributed by atoms with van der Waals surface area (Å²) in [5.41, 5.74) is 2.45. The topological polar surface area (TPSA) is 84.9 Å². The third-order valence-corrected chi connectivity index (χ3v) is 5.74. The van der Waals surface area contributed by atoms with E-state index >= 15 is 0 Å². The van der Waals surface area contributed by atoms with Crippen LogP contribution in [0.5, 0.6) is 11.5 Å². The van der Waals surface area contributed by atoms with E-state index in [4.69, 9.17) is 9.47 Å². The van der Waals surface area contributed by atoms with Crippen LogP contribution >= 0.6 is 0 Å². The second-order valence-corrected chi connectivity index (χ2v) is 8.55. The van der Waals surface area contributed by atoms with Gasteiger partial charge in [0, 0.05) is 18.2 Å². The number of sulfonamides is 1. The van der Waals surface area contributed by atoms with E-state index in [1.165, 1.54) is 11.4 Å². The number of amides is 1. The molecule has 2 aromatic carbocycles. The molecule has 0 heterocycles. The van der Waals surface area contributed by atoms with E-state index in [0.717, 1.165) is 11.8 Å². The molecule has 2 aromatic rings. The largest absolute Gasteiger partial charge is 0.497 e. The zero-order chi connectivity index (χ0) is 21.1. The van der Waals surface area contributed by atoms with Gasteiger partial charge in [-0.25, -0.2) is 8.42 Å². The Kier molecular flexibility index (Phi) is 6.56. The summed E-state index contributed by atoms with van der Waals surface area (Å²) in [6.07, 6.45) is 1.14. The van der Waals surface area contributed by atoms with Gasteiger partial charge in [-0.15, -0.1) is 0 Å². The number of aryl methyl sites for hydroxylation is 1. The highest BCUT2D eigenvalue weighted by Crippen LogP contribution is 2.29. The minimum atomic E-state index is -3.37. The van der Waals surface area contributed by atoms with Crippen molar-refractivity contribution in [1.82, 2.24) is 5.32 Å². The number of rotatable bonds is 7. The predicted molar refractivity (Wildman–Crippen MR) is 110 cm³/mol. The van der Waals surface area contributed by atoms with Crippen LogP contribution in [-0.4, -0.2) is 41.8 Å². The normalized spacial score (nSPS) is 12.2. The highest BCUT2D eigenvalue weighted by Gasteiger charge is 2.19. The number of methoxy groups -OCH3 is 2. The van der Waals surface area contributed by atoms with Crippen LogP contribution in [0, 0.1) is 6.92 Å². The minimum absolute atomic E-state index is 0.269. The number of carbonyl (C=O) groups excluding carboxylic acids is 1. The summed E-state index contributed by atoms with van der Waals surface area (Å²) in [4.78, 5) is 12.7. The van der Waals surface area contributed by atoms with Crippen molar-refractivity contribution in [3.05, 3.63) is 53.1 Å². The standard InChI is InChI=1S/C20H26N2O5S/c1-13-11-15(7-9-18(13)22(3)28(6,24)25)20(23)21-14(2)17-12-16(26-4)8-10-19(17)27-5/h7-12,14H,1-6H3,(H,21,23)/t14-/m1/s1. The Morgan fingerprint density at radius 2 is 1.79 bits per heavy atom. The van der Waals surface area contributed by atoms with Gasteiger partial charge in [-0.05, 0) is 55.8 Å². The van der Waals surface area contributed by atoms with Gasteiger partial charge in [-0.3, -0.25) is 9.10 Å². The van der Waals surface area contributed by atoms with Gasteiger partial charge in [-0.2, -0.15) is 0 Å². The van der Waals surface area contributed by atoms with Crippen molar-refractivity contribution in [3.8, 4) is 11.5 Å². The lowest BCUT2D eigenvalue weighted by Crippen LogP contribution is -2.28. The zero-order valence-electron chi connectivity index (χ0n) is 16.9. The molecule has 28 heavy (non-hydrogen) atoms. The maximum Gasteiger partial charge on any atom is 0.251 e. The second-order valence-electron chi connectivity index (χ2n) is 6.53. The molecule has 0 saturated carbocycles. The molecule has 0 unspecified atom stereocenters. The van der Waals surface area contributed by atoms with Crippen molar-refractivity contribution in [2.24, 2.45) is 0 Å². The highest BCUT2D eigenvalue weighted by atomic mass is 32.2. The molecule has 0 saturated heterocycles. The number of ether oxygens (including phenoxy) is 2. The summed E-state index contributed by atoms with van der Waals surface area (Å²) < 4.78 is 35.3. The maximum absolute atomic E-state index is 12.7. The number of nitrogens with zero attached hydrogens (tertiary/aromatic N) is 1. The van der Waals surface area contributed by atoms with E-state index in [1.54, 1.807) is 51.5 Å². The fraction of sp³-hybridized carbons (Fsp3) is 0.350. The van der Waals surface area contributed by atoms with E-state index < -0.39 is 10.0 Å². The number of carbonyl (C=O) groups is 1. The van der Waals surface area contributed by atoms with Crippen molar-refractivity contribution in [2.45, 2.75) is 19.9 Å². The van der Waals surface area contributed by atoms with Gasteiger partial charge in [0.05, 0.1) is 32.2 Å². The molecule has 0 aliphatic heterocycles. The Balaban J connectivity index is 2.25. The highest BCUT2D eigenvalue weighted by molar-refractivity contribution is 7.92. The molecule has 0 aromatic heterocycles. The van der Waals surface area contributed by atoms with E-state index in [-0.39, 0.29) is 11.9 Å². The fourth-order valence-corrected chi connectivity index (χ4v) is 3.43. The van der Waals surface area contributed by atoms with Crippen LogP contribution in [0.1, 0.15) is 34.5 Å². The molecule has 0 aliphatic carbocycles. The van der Waals surface area contributed by atoms with Gasteiger partial charge in [0.15, 0.2) is 0 Å². The van der Waals surface area contributed by atoms with E-state index in [1.807, 2.05) is 13.0 Å². The molecule has 152 valence electrons. The molecule has 0 fully saturated rings. The van der Waals surface area contributed by atoms with Crippen LogP contribution < -0.4 is 19.1 Å². The average Bonchev–Trinajstić information content (AvgIpc) is 2.65. The molecular weight excluding hydrogens is 380 g/mol. The van der Waals surface area contributed by atoms with Crippen LogP contribution in [0.3, 0.4) is 0 Å². The van der Waals surface area contributed by atoms with Crippen LogP contribution in [0.25, 0.3) is 0 Å². The Labute approximate surface area is 166 Å². The van der Waals surface area contributed by atoms with Crippen molar-refractivity contribution in [1.29, 1.82) is 0 Å².